The molecule has 2 aromatic carbocycles. The van der Waals surface area contributed by atoms with Crippen LogP contribution in [0.1, 0.15) is 75.0 Å². The van der Waals surface area contributed by atoms with Gasteiger partial charge in [0.25, 0.3) is 0 Å². The van der Waals surface area contributed by atoms with Crippen molar-refractivity contribution in [1.82, 2.24) is 0 Å². The summed E-state index contributed by atoms with van der Waals surface area (Å²) in [7, 11) is 1.50. The number of ether oxygens (including phenoxy) is 2. The van der Waals surface area contributed by atoms with Gasteiger partial charge >= 0.3 is 0 Å². The summed E-state index contributed by atoms with van der Waals surface area (Å²) in [5, 5.41) is 30.4. The molecule has 0 saturated heterocycles. The standard InChI is InChI=1S/C26H30O6.C2H6/c1-14(2)6-7-16(15(3)4)10-19-23(31-5)12-21(29)25-22(30)13-24(32-26(19)25)18-9-8-17(27)11-20(18)28;1-2/h6,8-9,11-12,16,24,27-29H,3,7,10,13H2,1-2,4-5H3;1-2H3/t16?,24-;/m0./s1. The minimum Gasteiger partial charge on any atom is -0.508 e. The summed E-state index contributed by atoms with van der Waals surface area (Å²) < 4.78 is 11.8. The van der Waals surface area contributed by atoms with Crippen LogP contribution in [-0.2, 0) is 6.42 Å². The third-order valence-electron chi connectivity index (χ3n) is 5.77. The van der Waals surface area contributed by atoms with Crippen LogP contribution in [0.2, 0.25) is 0 Å². The first-order valence-corrected chi connectivity index (χ1v) is 11.6. The van der Waals surface area contributed by atoms with Crippen molar-refractivity contribution in [1.29, 1.82) is 0 Å². The van der Waals surface area contributed by atoms with Crippen molar-refractivity contribution in [3.8, 4) is 28.7 Å². The van der Waals surface area contributed by atoms with E-state index in [4.69, 9.17) is 9.47 Å². The molecule has 2 aromatic rings. The lowest BCUT2D eigenvalue weighted by Crippen LogP contribution is -2.23. The normalized spacial score (nSPS) is 15.2. The molecular weight excluding hydrogens is 432 g/mol. The van der Waals surface area contributed by atoms with Crippen molar-refractivity contribution in [2.45, 2.75) is 60.0 Å². The number of hydrogen-bond donors (Lipinski definition) is 3. The van der Waals surface area contributed by atoms with Gasteiger partial charge in [0.1, 0.15) is 40.4 Å². The van der Waals surface area contributed by atoms with E-state index in [0.29, 0.717) is 23.3 Å². The van der Waals surface area contributed by atoms with E-state index in [1.165, 1.54) is 36.9 Å². The molecule has 6 nitrogen and oxygen atoms in total. The second-order valence-electron chi connectivity index (χ2n) is 8.52. The van der Waals surface area contributed by atoms with E-state index in [1.54, 1.807) is 0 Å². The molecule has 34 heavy (non-hydrogen) atoms. The number of fused-ring (bicyclic) bond motifs is 1. The molecule has 0 fully saturated rings. The van der Waals surface area contributed by atoms with Gasteiger partial charge < -0.3 is 24.8 Å². The van der Waals surface area contributed by atoms with Gasteiger partial charge in [-0.3, -0.25) is 4.79 Å². The Morgan fingerprint density at radius 1 is 1.18 bits per heavy atom. The zero-order valence-electron chi connectivity index (χ0n) is 20.9. The van der Waals surface area contributed by atoms with Gasteiger partial charge in [0.15, 0.2) is 5.78 Å². The third-order valence-corrected chi connectivity index (χ3v) is 5.77. The van der Waals surface area contributed by atoms with Crippen molar-refractivity contribution < 1.29 is 29.6 Å². The predicted octanol–water partition coefficient (Wildman–Crippen LogP) is 6.64. The minimum absolute atomic E-state index is 0.0493. The van der Waals surface area contributed by atoms with Crippen molar-refractivity contribution in [3.05, 3.63) is 64.8 Å². The van der Waals surface area contributed by atoms with Crippen molar-refractivity contribution in [2.75, 3.05) is 7.11 Å². The van der Waals surface area contributed by atoms with Crippen LogP contribution in [0, 0.1) is 5.92 Å². The number of phenols is 3. The molecule has 0 spiro atoms. The Labute approximate surface area is 202 Å². The molecule has 0 radical (unpaired) electrons. The topological polar surface area (TPSA) is 96.2 Å². The molecule has 0 bridgehead atoms. The van der Waals surface area contributed by atoms with E-state index in [9.17, 15) is 20.1 Å². The molecule has 184 valence electrons. The molecule has 2 atom stereocenters. The Balaban J connectivity index is 0.00000199. The van der Waals surface area contributed by atoms with Gasteiger partial charge in [-0.25, -0.2) is 0 Å². The highest BCUT2D eigenvalue weighted by Gasteiger charge is 2.35. The van der Waals surface area contributed by atoms with E-state index >= 15 is 0 Å². The summed E-state index contributed by atoms with van der Waals surface area (Å²) in [4.78, 5) is 13.0. The lowest BCUT2D eigenvalue weighted by Gasteiger charge is -2.30. The van der Waals surface area contributed by atoms with Crippen LogP contribution in [-0.4, -0.2) is 28.2 Å². The number of carbonyl (C=O) groups is 1. The van der Waals surface area contributed by atoms with Crippen LogP contribution in [0.15, 0.2) is 48.1 Å². The Morgan fingerprint density at radius 2 is 1.85 bits per heavy atom. The fourth-order valence-corrected chi connectivity index (χ4v) is 3.95. The largest absolute Gasteiger partial charge is 0.508 e. The quantitative estimate of drug-likeness (QED) is 0.394. The summed E-state index contributed by atoms with van der Waals surface area (Å²) in [5.41, 5.74) is 3.37. The summed E-state index contributed by atoms with van der Waals surface area (Å²) in [6, 6.07) is 5.61. The SMILES string of the molecule is C=C(C)C(CC=C(C)C)Cc1c(OC)cc(O)c2c1O[C@H](c1ccc(O)cc1O)CC2=O.CC. The van der Waals surface area contributed by atoms with Crippen LogP contribution in [0.4, 0.5) is 0 Å². The Morgan fingerprint density at radius 3 is 2.41 bits per heavy atom. The van der Waals surface area contributed by atoms with Gasteiger partial charge in [-0.15, -0.1) is 0 Å². The lowest BCUT2D eigenvalue weighted by molar-refractivity contribution is 0.0838. The highest BCUT2D eigenvalue weighted by molar-refractivity contribution is 6.03. The summed E-state index contributed by atoms with van der Waals surface area (Å²) in [6.45, 7) is 14.2. The molecule has 1 unspecified atom stereocenters. The first kappa shape index (κ1) is 26.8. The van der Waals surface area contributed by atoms with E-state index in [0.717, 1.165) is 12.0 Å². The molecule has 3 N–H and O–H groups in total. The molecule has 0 aromatic heterocycles. The second kappa shape index (κ2) is 11.6. The monoisotopic (exact) mass is 468 g/mol. The first-order chi connectivity index (χ1) is 16.1. The van der Waals surface area contributed by atoms with Crippen LogP contribution in [0.3, 0.4) is 0 Å². The van der Waals surface area contributed by atoms with Gasteiger partial charge in [-0.1, -0.05) is 37.6 Å². The van der Waals surface area contributed by atoms with Crippen LogP contribution >= 0.6 is 0 Å². The fourth-order valence-electron chi connectivity index (χ4n) is 3.95. The predicted molar refractivity (Wildman–Crippen MR) is 134 cm³/mol. The zero-order valence-corrected chi connectivity index (χ0v) is 20.9. The fraction of sp³-hybridized carbons (Fsp3) is 0.393. The van der Waals surface area contributed by atoms with Gasteiger partial charge in [0.05, 0.1) is 13.5 Å². The van der Waals surface area contributed by atoms with E-state index in [1.807, 2.05) is 34.6 Å². The van der Waals surface area contributed by atoms with Crippen LogP contribution in [0.5, 0.6) is 28.7 Å². The number of methoxy groups -OCH3 is 1. The summed E-state index contributed by atoms with van der Waals surface area (Å²) >= 11 is 0. The second-order valence-corrected chi connectivity index (χ2v) is 8.52. The number of aromatic hydroxyl groups is 3. The number of carbonyl (C=O) groups excluding carboxylic acids is 1. The Hall–Kier alpha value is -3.41. The number of allylic oxidation sites excluding steroid dienone is 3. The summed E-state index contributed by atoms with van der Waals surface area (Å²) in [5.74, 6) is 0.0257. The molecule has 0 saturated carbocycles. The molecule has 0 amide bonds. The van der Waals surface area contributed by atoms with E-state index in [2.05, 4.69) is 12.7 Å². The highest BCUT2D eigenvalue weighted by atomic mass is 16.5. The Bertz CT molecular complexity index is 1080. The van der Waals surface area contributed by atoms with Gasteiger partial charge in [0, 0.05) is 23.3 Å². The maximum atomic E-state index is 13.0. The lowest BCUT2D eigenvalue weighted by atomic mass is 9.86. The number of Topliss-reactive ketones (excluding diaryl/α,β-unsaturated/α-hetero) is 1. The number of rotatable bonds is 7. The van der Waals surface area contributed by atoms with Crippen LogP contribution in [0.25, 0.3) is 0 Å². The van der Waals surface area contributed by atoms with E-state index < -0.39 is 6.10 Å². The average Bonchev–Trinajstić information content (AvgIpc) is 2.78. The van der Waals surface area contributed by atoms with Crippen molar-refractivity contribution >= 4 is 5.78 Å². The van der Waals surface area contributed by atoms with Crippen molar-refractivity contribution in [2.24, 2.45) is 5.92 Å². The average molecular weight is 469 g/mol. The molecule has 1 aliphatic rings. The van der Waals surface area contributed by atoms with Gasteiger partial charge in [-0.05, 0) is 51.7 Å². The van der Waals surface area contributed by atoms with Gasteiger partial charge in [0.2, 0.25) is 0 Å². The Kier molecular flexibility index (Phi) is 9.19. The molecule has 1 heterocycles. The van der Waals surface area contributed by atoms with Gasteiger partial charge in [-0.2, -0.15) is 0 Å². The number of benzene rings is 2. The highest BCUT2D eigenvalue weighted by Crippen LogP contribution is 2.48. The number of ketones is 1. The molecular formula is C28H36O6. The third kappa shape index (κ3) is 5.93. The zero-order chi connectivity index (χ0) is 25.6. The first-order valence-electron chi connectivity index (χ1n) is 11.6. The number of phenolic OH excluding ortho intramolecular Hbond substituents is 3. The van der Waals surface area contributed by atoms with E-state index in [-0.39, 0.29) is 46.7 Å². The molecule has 3 rings (SSSR count). The minimum atomic E-state index is -0.762. The molecule has 1 aliphatic heterocycles. The smallest absolute Gasteiger partial charge is 0.174 e. The van der Waals surface area contributed by atoms with Crippen LogP contribution < -0.4 is 9.47 Å². The molecule has 0 aliphatic carbocycles. The number of hydrogen-bond acceptors (Lipinski definition) is 6. The molecule has 6 heteroatoms. The van der Waals surface area contributed by atoms with Crippen molar-refractivity contribution in [3.63, 3.8) is 0 Å². The maximum Gasteiger partial charge on any atom is 0.174 e. The maximum absolute atomic E-state index is 13.0. The summed E-state index contributed by atoms with van der Waals surface area (Å²) in [6.07, 6.45) is 2.61.